The van der Waals surface area contributed by atoms with Crippen LogP contribution in [0, 0.1) is 11.8 Å². The highest BCUT2D eigenvalue weighted by Crippen LogP contribution is 2.13. The number of esters is 1. The number of unbranched alkanes of at least 4 members (excludes halogenated alkanes) is 8. The normalized spacial score (nSPS) is 12.9. The van der Waals surface area contributed by atoms with E-state index in [2.05, 4.69) is 39.8 Å². The maximum absolute atomic E-state index is 11.5. The van der Waals surface area contributed by atoms with Gasteiger partial charge in [-0.25, -0.2) is 0 Å². The fourth-order valence-electron chi connectivity index (χ4n) is 2.71. The standard InChI is InChI=1S/C22H42O2/c1-5-6-7-13-16-21(4)17-14-11-9-8-10-12-15-18-22(23)24-19-20(2)3/h14,17,20-21H,5-13,15-16,18-19H2,1-4H3/b17-14-. The van der Waals surface area contributed by atoms with Crippen LogP contribution in [-0.2, 0) is 9.53 Å². The minimum Gasteiger partial charge on any atom is -0.465 e. The van der Waals surface area contributed by atoms with Gasteiger partial charge in [0.1, 0.15) is 0 Å². The van der Waals surface area contributed by atoms with Crippen LogP contribution in [0.5, 0.6) is 0 Å². The Bertz CT molecular complexity index is 307. The number of carbonyl (C=O) groups excluding carboxylic acids is 1. The van der Waals surface area contributed by atoms with Crippen molar-refractivity contribution in [2.75, 3.05) is 6.61 Å². The lowest BCUT2D eigenvalue weighted by atomic mass is 10.0. The van der Waals surface area contributed by atoms with Crippen LogP contribution >= 0.6 is 0 Å². The third kappa shape index (κ3) is 17.6. The first-order chi connectivity index (χ1) is 11.6. The predicted octanol–water partition coefficient (Wildman–Crippen LogP) is 7.08. The van der Waals surface area contributed by atoms with E-state index >= 15 is 0 Å². The van der Waals surface area contributed by atoms with E-state index in [9.17, 15) is 4.79 Å². The molecule has 0 aliphatic carbocycles. The highest BCUT2D eigenvalue weighted by Gasteiger charge is 2.03. The van der Waals surface area contributed by atoms with Crippen molar-refractivity contribution in [2.45, 2.75) is 105 Å². The molecular formula is C22H42O2. The van der Waals surface area contributed by atoms with Gasteiger partial charge in [-0.1, -0.05) is 84.8 Å². The summed E-state index contributed by atoms with van der Waals surface area (Å²) < 4.78 is 5.18. The van der Waals surface area contributed by atoms with Crippen LogP contribution in [0.2, 0.25) is 0 Å². The molecule has 0 aliphatic rings. The van der Waals surface area contributed by atoms with Gasteiger partial charge in [0.25, 0.3) is 0 Å². The Kier molecular flexibility index (Phi) is 16.5. The molecule has 0 radical (unpaired) electrons. The minimum absolute atomic E-state index is 0.0282. The van der Waals surface area contributed by atoms with E-state index in [0.29, 0.717) is 18.9 Å². The number of hydrogen-bond acceptors (Lipinski definition) is 2. The van der Waals surface area contributed by atoms with Crippen molar-refractivity contribution in [3.8, 4) is 0 Å². The van der Waals surface area contributed by atoms with E-state index in [1.165, 1.54) is 57.8 Å². The second kappa shape index (κ2) is 17.0. The summed E-state index contributed by atoms with van der Waals surface area (Å²) in [5, 5.41) is 0. The first-order valence-electron chi connectivity index (χ1n) is 10.4. The average molecular weight is 339 g/mol. The van der Waals surface area contributed by atoms with Gasteiger partial charge >= 0.3 is 5.97 Å². The number of ether oxygens (including phenoxy) is 1. The Morgan fingerprint density at radius 3 is 2.29 bits per heavy atom. The molecule has 0 aromatic heterocycles. The van der Waals surface area contributed by atoms with Crippen LogP contribution in [0.3, 0.4) is 0 Å². The van der Waals surface area contributed by atoms with E-state index in [4.69, 9.17) is 4.74 Å². The SMILES string of the molecule is CCCCCCC(C)/C=C\CCCCCCCC(=O)OCC(C)C. The summed E-state index contributed by atoms with van der Waals surface area (Å²) >= 11 is 0. The van der Waals surface area contributed by atoms with Gasteiger partial charge in [-0.3, -0.25) is 4.79 Å². The van der Waals surface area contributed by atoms with Crippen molar-refractivity contribution in [1.82, 2.24) is 0 Å². The summed E-state index contributed by atoms with van der Waals surface area (Å²) in [6, 6.07) is 0. The molecule has 0 aromatic carbocycles. The van der Waals surface area contributed by atoms with Crippen LogP contribution in [0.4, 0.5) is 0 Å². The zero-order valence-electron chi connectivity index (χ0n) is 16.8. The Balaban J connectivity index is 3.35. The number of hydrogen-bond donors (Lipinski definition) is 0. The molecule has 0 heterocycles. The molecule has 0 aromatic rings. The van der Waals surface area contributed by atoms with E-state index in [1.807, 2.05) is 0 Å². The van der Waals surface area contributed by atoms with Crippen LogP contribution in [0.25, 0.3) is 0 Å². The first-order valence-corrected chi connectivity index (χ1v) is 10.4. The van der Waals surface area contributed by atoms with E-state index in [0.717, 1.165) is 18.8 Å². The van der Waals surface area contributed by atoms with Gasteiger partial charge < -0.3 is 4.74 Å². The minimum atomic E-state index is -0.0282. The molecule has 1 unspecified atom stereocenters. The molecule has 0 rings (SSSR count). The van der Waals surface area contributed by atoms with Crippen molar-refractivity contribution in [3.63, 3.8) is 0 Å². The Hall–Kier alpha value is -0.790. The van der Waals surface area contributed by atoms with Gasteiger partial charge in [-0.2, -0.15) is 0 Å². The molecule has 0 N–H and O–H groups in total. The lowest BCUT2D eigenvalue weighted by Crippen LogP contribution is -2.09. The zero-order valence-corrected chi connectivity index (χ0v) is 16.8. The van der Waals surface area contributed by atoms with Crippen molar-refractivity contribution < 1.29 is 9.53 Å². The number of allylic oxidation sites excluding steroid dienone is 2. The molecule has 142 valence electrons. The quantitative estimate of drug-likeness (QED) is 0.171. The lowest BCUT2D eigenvalue weighted by molar-refractivity contribution is -0.144. The van der Waals surface area contributed by atoms with Gasteiger partial charge in [0.2, 0.25) is 0 Å². The molecule has 2 nitrogen and oxygen atoms in total. The third-order valence-corrected chi connectivity index (χ3v) is 4.31. The molecule has 2 heteroatoms. The maximum atomic E-state index is 11.5. The van der Waals surface area contributed by atoms with Crippen molar-refractivity contribution >= 4 is 5.97 Å². The molecule has 0 spiro atoms. The molecule has 0 amide bonds. The Morgan fingerprint density at radius 1 is 0.917 bits per heavy atom. The predicted molar refractivity (Wildman–Crippen MR) is 105 cm³/mol. The molecule has 0 bridgehead atoms. The van der Waals surface area contributed by atoms with Crippen LogP contribution in [-0.4, -0.2) is 12.6 Å². The van der Waals surface area contributed by atoms with Gasteiger partial charge in [-0.15, -0.1) is 0 Å². The maximum Gasteiger partial charge on any atom is 0.305 e. The second-order valence-corrected chi connectivity index (χ2v) is 7.64. The summed E-state index contributed by atoms with van der Waals surface area (Å²) in [6.07, 6.45) is 19.3. The number of rotatable bonds is 16. The lowest BCUT2D eigenvalue weighted by Gasteiger charge is -2.07. The van der Waals surface area contributed by atoms with Crippen LogP contribution < -0.4 is 0 Å². The van der Waals surface area contributed by atoms with Gasteiger partial charge in [-0.05, 0) is 37.5 Å². The van der Waals surface area contributed by atoms with Gasteiger partial charge in [0.15, 0.2) is 0 Å². The Labute approximate surface area is 151 Å². The second-order valence-electron chi connectivity index (χ2n) is 7.64. The highest BCUT2D eigenvalue weighted by atomic mass is 16.5. The average Bonchev–Trinajstić information content (AvgIpc) is 2.55. The summed E-state index contributed by atoms with van der Waals surface area (Å²) in [5.74, 6) is 1.14. The van der Waals surface area contributed by atoms with E-state index in [-0.39, 0.29) is 5.97 Å². The fraction of sp³-hybridized carbons (Fsp3) is 0.864. The van der Waals surface area contributed by atoms with Gasteiger partial charge in [0, 0.05) is 6.42 Å². The monoisotopic (exact) mass is 338 g/mol. The van der Waals surface area contributed by atoms with E-state index in [1.54, 1.807) is 0 Å². The Morgan fingerprint density at radius 2 is 1.58 bits per heavy atom. The zero-order chi connectivity index (χ0) is 18.0. The van der Waals surface area contributed by atoms with Crippen LogP contribution in [0.15, 0.2) is 12.2 Å². The highest BCUT2D eigenvalue weighted by molar-refractivity contribution is 5.69. The third-order valence-electron chi connectivity index (χ3n) is 4.31. The summed E-state index contributed by atoms with van der Waals surface area (Å²) in [7, 11) is 0. The number of carbonyl (C=O) groups is 1. The van der Waals surface area contributed by atoms with Crippen molar-refractivity contribution in [1.29, 1.82) is 0 Å². The fourth-order valence-corrected chi connectivity index (χ4v) is 2.71. The molecule has 0 saturated carbocycles. The first kappa shape index (κ1) is 23.2. The van der Waals surface area contributed by atoms with Crippen LogP contribution in [0.1, 0.15) is 105 Å². The summed E-state index contributed by atoms with van der Waals surface area (Å²) in [4.78, 5) is 11.5. The van der Waals surface area contributed by atoms with Crippen molar-refractivity contribution in [3.05, 3.63) is 12.2 Å². The van der Waals surface area contributed by atoms with Crippen molar-refractivity contribution in [2.24, 2.45) is 11.8 Å². The summed E-state index contributed by atoms with van der Waals surface area (Å²) in [6.45, 7) is 9.29. The molecular weight excluding hydrogens is 296 g/mol. The molecule has 24 heavy (non-hydrogen) atoms. The molecule has 0 fully saturated rings. The van der Waals surface area contributed by atoms with Gasteiger partial charge in [0.05, 0.1) is 6.61 Å². The molecule has 1 atom stereocenters. The largest absolute Gasteiger partial charge is 0.465 e. The molecule has 0 saturated heterocycles. The molecule has 0 aliphatic heterocycles. The van der Waals surface area contributed by atoms with E-state index < -0.39 is 0 Å². The smallest absolute Gasteiger partial charge is 0.305 e. The topological polar surface area (TPSA) is 26.3 Å². The summed E-state index contributed by atoms with van der Waals surface area (Å²) in [5.41, 5.74) is 0.